The van der Waals surface area contributed by atoms with Crippen molar-refractivity contribution in [3.8, 4) is 0 Å². The van der Waals surface area contributed by atoms with Gasteiger partial charge in [-0.3, -0.25) is 4.79 Å². The SMILES string of the molecule is CC[C@H]1OC(=O)[C@H](C)[C@@H](OC2CC(C)(C)[C@@H](C)[C@H](C)O2)[C@H](C)[C@@H](OC2O[C@H](C)C[C@H](C)[C@H]2C)C(C)(C)C[C@@H](C)[C@@H]2OC(C)(C)O[C@H]([C@H]2C)[C@@]1(O)CC. The van der Waals surface area contributed by atoms with E-state index in [0.29, 0.717) is 31.1 Å². The van der Waals surface area contributed by atoms with Crippen LogP contribution in [0.15, 0.2) is 0 Å². The monoisotopic (exact) mass is 739 g/mol. The molecule has 304 valence electrons. The van der Waals surface area contributed by atoms with Crippen molar-refractivity contribution in [3.05, 3.63) is 0 Å². The van der Waals surface area contributed by atoms with E-state index in [4.69, 9.17) is 33.2 Å². The summed E-state index contributed by atoms with van der Waals surface area (Å²) in [5.74, 6) is -1.44. The fraction of sp³-hybridized carbons (Fsp3) is 0.977. The zero-order valence-corrected chi connectivity index (χ0v) is 36.0. The van der Waals surface area contributed by atoms with Crippen molar-refractivity contribution in [2.75, 3.05) is 0 Å². The van der Waals surface area contributed by atoms with Gasteiger partial charge in [0.2, 0.25) is 0 Å². The Kier molecular flexibility index (Phi) is 13.8. The summed E-state index contributed by atoms with van der Waals surface area (Å²) in [6, 6.07) is 0. The molecule has 0 amide bonds. The third kappa shape index (κ3) is 9.08. The maximum atomic E-state index is 14.5. The Balaban J connectivity index is 1.86. The summed E-state index contributed by atoms with van der Waals surface area (Å²) in [7, 11) is 0. The molecule has 1 N–H and O–H groups in total. The summed E-state index contributed by atoms with van der Waals surface area (Å²) in [4.78, 5) is 14.5. The molecule has 17 atom stereocenters. The van der Waals surface area contributed by atoms with E-state index in [2.05, 4.69) is 83.1 Å². The normalized spacial score (nSPS) is 48.7. The van der Waals surface area contributed by atoms with Crippen LogP contribution in [0.4, 0.5) is 0 Å². The van der Waals surface area contributed by atoms with Crippen molar-refractivity contribution in [1.29, 1.82) is 0 Å². The molecule has 52 heavy (non-hydrogen) atoms. The average Bonchev–Trinajstić information content (AvgIpc) is 3.04. The third-order valence-electron chi connectivity index (χ3n) is 14.1. The summed E-state index contributed by atoms with van der Waals surface area (Å²) in [6.07, 6.45) is -0.211. The number of rotatable bonds is 6. The van der Waals surface area contributed by atoms with Crippen LogP contribution in [0.2, 0.25) is 0 Å². The van der Waals surface area contributed by atoms with Gasteiger partial charge >= 0.3 is 5.97 Å². The van der Waals surface area contributed by atoms with Gasteiger partial charge in [0.15, 0.2) is 18.4 Å². The maximum absolute atomic E-state index is 14.5. The quantitative estimate of drug-likeness (QED) is 0.268. The Bertz CT molecular complexity index is 1190. The Hall–Kier alpha value is -0.810. The van der Waals surface area contributed by atoms with Crippen molar-refractivity contribution in [2.24, 2.45) is 52.3 Å². The Morgan fingerprint density at radius 1 is 0.769 bits per heavy atom. The predicted octanol–water partition coefficient (Wildman–Crippen LogP) is 8.92. The van der Waals surface area contributed by atoms with Gasteiger partial charge in [0.05, 0.1) is 42.5 Å². The van der Waals surface area contributed by atoms with Crippen LogP contribution in [0.5, 0.6) is 0 Å². The molecule has 4 heterocycles. The fourth-order valence-electron chi connectivity index (χ4n) is 10.4. The van der Waals surface area contributed by atoms with Crippen LogP contribution < -0.4 is 0 Å². The Labute approximate surface area is 317 Å². The van der Waals surface area contributed by atoms with Crippen LogP contribution in [0.1, 0.15) is 150 Å². The minimum Gasteiger partial charge on any atom is -0.459 e. The van der Waals surface area contributed by atoms with Gasteiger partial charge < -0.3 is 38.3 Å². The topological polar surface area (TPSA) is 102 Å². The molecular formula is C43H78O9. The molecule has 4 aliphatic rings. The molecule has 0 radical (unpaired) electrons. The molecule has 2 bridgehead atoms. The molecule has 4 fully saturated rings. The van der Waals surface area contributed by atoms with Gasteiger partial charge in [0.1, 0.15) is 11.7 Å². The predicted molar refractivity (Wildman–Crippen MR) is 203 cm³/mol. The number of hydrogen-bond donors (Lipinski definition) is 1. The smallest absolute Gasteiger partial charge is 0.311 e. The molecule has 4 aliphatic heterocycles. The maximum Gasteiger partial charge on any atom is 0.311 e. The first kappa shape index (κ1) is 43.9. The lowest BCUT2D eigenvalue weighted by molar-refractivity contribution is -0.362. The summed E-state index contributed by atoms with van der Waals surface area (Å²) in [6.45, 7) is 36.2. The van der Waals surface area contributed by atoms with Crippen molar-refractivity contribution in [1.82, 2.24) is 0 Å². The number of hydrogen-bond acceptors (Lipinski definition) is 9. The van der Waals surface area contributed by atoms with Crippen molar-refractivity contribution in [3.63, 3.8) is 0 Å². The lowest BCUT2D eigenvalue weighted by atomic mass is 9.68. The number of fused-ring (bicyclic) bond motifs is 2. The number of carbonyl (C=O) groups is 1. The van der Waals surface area contributed by atoms with Gasteiger partial charge in [-0.25, -0.2) is 0 Å². The fourth-order valence-corrected chi connectivity index (χ4v) is 10.4. The molecule has 0 aliphatic carbocycles. The molecule has 0 aromatic carbocycles. The lowest BCUT2D eigenvalue weighted by Gasteiger charge is -2.54. The van der Waals surface area contributed by atoms with E-state index in [1.54, 1.807) is 0 Å². The molecule has 0 aromatic heterocycles. The molecule has 4 saturated heterocycles. The van der Waals surface area contributed by atoms with E-state index >= 15 is 0 Å². The molecule has 0 spiro atoms. The molecule has 2 unspecified atom stereocenters. The van der Waals surface area contributed by atoms with Crippen molar-refractivity contribution < 1.29 is 43.1 Å². The summed E-state index contributed by atoms with van der Waals surface area (Å²) in [5.41, 5.74) is -1.87. The van der Waals surface area contributed by atoms with Gasteiger partial charge in [-0.2, -0.15) is 0 Å². The molecule has 0 aromatic rings. The van der Waals surface area contributed by atoms with Crippen LogP contribution in [0, 0.1) is 52.3 Å². The van der Waals surface area contributed by atoms with Crippen LogP contribution in [-0.2, 0) is 38.0 Å². The highest BCUT2D eigenvalue weighted by Gasteiger charge is 2.57. The number of esters is 1. The third-order valence-corrected chi connectivity index (χ3v) is 14.1. The summed E-state index contributed by atoms with van der Waals surface area (Å²) in [5, 5.41) is 12.6. The van der Waals surface area contributed by atoms with Crippen LogP contribution >= 0.6 is 0 Å². The second-order valence-electron chi connectivity index (χ2n) is 19.7. The lowest BCUT2D eigenvalue weighted by Crippen LogP contribution is -2.65. The molecule has 9 heteroatoms. The average molecular weight is 739 g/mol. The highest BCUT2D eigenvalue weighted by molar-refractivity contribution is 5.73. The largest absolute Gasteiger partial charge is 0.459 e. The van der Waals surface area contributed by atoms with Crippen molar-refractivity contribution >= 4 is 5.97 Å². The highest BCUT2D eigenvalue weighted by atomic mass is 16.7. The zero-order valence-electron chi connectivity index (χ0n) is 36.0. The summed E-state index contributed by atoms with van der Waals surface area (Å²) >= 11 is 0. The van der Waals surface area contributed by atoms with Gasteiger partial charge in [0, 0.05) is 24.2 Å². The second kappa shape index (κ2) is 16.3. The standard InChI is InChI=1S/C43H78O9/c1-18-32-43(45,19-2)37-27(7)34(51-42(16,17)52-37)24(4)21-41(14,15)36(50-39-26(6)23(3)20-25(5)46-39)28(8)35(29(9)38(44)48-32)49-33-22-40(12,13)30(10)31(11)47-33/h23-37,39,45H,18-22H2,1-17H3/t23-,24+,25+,26+,27-,28-,29+,30-,31-,32+,33?,34-,35-,36+,37+,39?,43+/m0/s1. The number of ether oxygens (including phenoxy) is 7. The van der Waals surface area contributed by atoms with E-state index < -0.39 is 59.6 Å². The molecule has 9 nitrogen and oxygen atoms in total. The van der Waals surface area contributed by atoms with Crippen molar-refractivity contribution in [2.45, 2.75) is 217 Å². The first-order chi connectivity index (χ1) is 23.9. The Morgan fingerprint density at radius 2 is 1.40 bits per heavy atom. The Morgan fingerprint density at radius 3 is 1.98 bits per heavy atom. The summed E-state index contributed by atoms with van der Waals surface area (Å²) < 4.78 is 47.2. The van der Waals surface area contributed by atoms with Gasteiger partial charge in [-0.05, 0) is 88.9 Å². The van der Waals surface area contributed by atoms with E-state index in [1.807, 2.05) is 34.6 Å². The minimum atomic E-state index is -1.43. The molecular weight excluding hydrogens is 660 g/mol. The van der Waals surface area contributed by atoms with Gasteiger partial charge in [-0.1, -0.05) is 83.1 Å². The first-order valence-electron chi connectivity index (χ1n) is 20.8. The number of carbonyl (C=O) groups excluding carboxylic acids is 1. The minimum absolute atomic E-state index is 0.0108. The van der Waals surface area contributed by atoms with Crippen LogP contribution in [0.25, 0.3) is 0 Å². The van der Waals surface area contributed by atoms with E-state index in [0.717, 1.165) is 12.8 Å². The molecule has 0 saturated carbocycles. The van der Waals surface area contributed by atoms with Gasteiger partial charge in [0.25, 0.3) is 0 Å². The van der Waals surface area contributed by atoms with E-state index in [1.165, 1.54) is 0 Å². The number of aliphatic hydroxyl groups is 1. The van der Waals surface area contributed by atoms with Crippen LogP contribution in [-0.4, -0.2) is 77.8 Å². The molecule has 4 rings (SSSR count). The van der Waals surface area contributed by atoms with E-state index in [-0.39, 0.29) is 53.5 Å². The second-order valence-corrected chi connectivity index (χ2v) is 19.7. The van der Waals surface area contributed by atoms with Gasteiger partial charge in [-0.15, -0.1) is 0 Å². The highest BCUT2D eigenvalue weighted by Crippen LogP contribution is 2.49. The first-order valence-corrected chi connectivity index (χ1v) is 20.8. The zero-order chi connectivity index (χ0) is 39.3. The van der Waals surface area contributed by atoms with E-state index in [9.17, 15) is 9.90 Å². The van der Waals surface area contributed by atoms with Crippen LogP contribution in [0.3, 0.4) is 0 Å². The number of cyclic esters (lactones) is 1.